The van der Waals surface area contributed by atoms with Crippen LogP contribution in [0, 0.1) is 6.92 Å². The van der Waals surface area contributed by atoms with E-state index in [0.717, 1.165) is 59.8 Å². The highest BCUT2D eigenvalue weighted by Gasteiger charge is 2.28. The Morgan fingerprint density at radius 3 is 0.911 bits per heavy atom. The van der Waals surface area contributed by atoms with Gasteiger partial charge in [-0.05, 0) is 247 Å². The molecule has 6 heterocycles. The summed E-state index contributed by atoms with van der Waals surface area (Å²) < 4.78 is 14.8. The van der Waals surface area contributed by atoms with Gasteiger partial charge in [0.25, 0.3) is 0 Å². The molecule has 0 amide bonds. The van der Waals surface area contributed by atoms with Crippen LogP contribution in [0.15, 0.2) is 328 Å². The molecule has 542 valence electrons. The van der Waals surface area contributed by atoms with Gasteiger partial charge in [0.1, 0.15) is 0 Å². The third kappa shape index (κ3) is 10.7. The Morgan fingerprint density at radius 2 is 0.527 bits per heavy atom. The summed E-state index contributed by atoms with van der Waals surface area (Å²) in [7, 11) is 0. The van der Waals surface area contributed by atoms with Crippen LogP contribution in [0.2, 0.25) is 0 Å². The number of benzene rings is 15. The Bertz CT molecular complexity index is 7350. The molecular weight excluding hydrogens is 1360 g/mol. The minimum absolute atomic E-state index is 0.0832. The maximum absolute atomic E-state index is 2.50. The van der Waals surface area contributed by atoms with Gasteiger partial charge in [-0.1, -0.05) is 218 Å². The van der Waals surface area contributed by atoms with Gasteiger partial charge in [0.05, 0.1) is 66.2 Å². The van der Waals surface area contributed by atoms with Crippen LogP contribution < -0.4 is 0 Å². The molecule has 6 aromatic heterocycles. The van der Waals surface area contributed by atoms with Crippen LogP contribution in [-0.4, -0.2) is 27.4 Å². The Labute approximate surface area is 652 Å². The molecule has 0 spiro atoms. The molecule has 112 heavy (non-hydrogen) atoms. The molecule has 0 fully saturated rings. The van der Waals surface area contributed by atoms with Gasteiger partial charge in [0.15, 0.2) is 0 Å². The van der Waals surface area contributed by atoms with Gasteiger partial charge in [-0.15, -0.1) is 0 Å². The van der Waals surface area contributed by atoms with E-state index < -0.39 is 0 Å². The number of hydrogen-bond acceptors (Lipinski definition) is 0. The van der Waals surface area contributed by atoms with Crippen LogP contribution in [0.25, 0.3) is 165 Å². The summed E-state index contributed by atoms with van der Waals surface area (Å²) in [4.78, 5) is 0. The number of nitrogens with zero attached hydrogens (tertiary/aromatic N) is 6. The lowest BCUT2D eigenvalue weighted by atomic mass is 9.77. The zero-order valence-electron chi connectivity index (χ0n) is 64.8. The zero-order chi connectivity index (χ0) is 75.4. The van der Waals surface area contributed by atoms with Crippen LogP contribution in [-0.2, 0) is 17.3 Å². The molecule has 6 nitrogen and oxygen atoms in total. The van der Waals surface area contributed by atoms with E-state index in [-0.39, 0.29) is 10.8 Å². The van der Waals surface area contributed by atoms with Gasteiger partial charge in [-0.25, -0.2) is 0 Å². The van der Waals surface area contributed by atoms with E-state index in [2.05, 4.69) is 410 Å². The van der Waals surface area contributed by atoms with E-state index in [0.29, 0.717) is 11.8 Å². The SMILES string of the molecule is Cc1ccc2c(c1)c1cc(CCC(C)(C)c3ccc4c(c3)c3ccccc3n4-c3cccc(-n4c5ccccc5c5cc(C(C)(C)CCC(C)c6ccc7c(c6)c6ccccc6n7-c6cccc(-n7c8ccccc8c8cc(C(C)C)ccc87)c6)ccc54)c3)ccc1n2-c1cccc(-n2c3ccccc3c3ccccc32)c1. The van der Waals surface area contributed by atoms with Crippen molar-refractivity contribution in [3.8, 4) is 34.1 Å². The molecule has 0 aliphatic carbocycles. The fourth-order valence-electron chi connectivity index (χ4n) is 19.2. The number of fused-ring (bicyclic) bond motifs is 18. The molecule has 0 saturated carbocycles. The van der Waals surface area contributed by atoms with Crippen molar-refractivity contribution in [2.24, 2.45) is 0 Å². The molecule has 0 aliphatic rings. The third-order valence-corrected chi connectivity index (χ3v) is 25.4. The van der Waals surface area contributed by atoms with Crippen molar-refractivity contribution >= 4 is 131 Å². The predicted octanol–water partition coefficient (Wildman–Crippen LogP) is 28.5. The fourth-order valence-corrected chi connectivity index (χ4v) is 19.2. The van der Waals surface area contributed by atoms with Gasteiger partial charge in [0.2, 0.25) is 0 Å². The lowest BCUT2D eigenvalue weighted by molar-refractivity contribution is 0.440. The highest BCUT2D eigenvalue weighted by molar-refractivity contribution is 6.15. The molecule has 1 atom stereocenters. The summed E-state index contributed by atoms with van der Waals surface area (Å²) in [5, 5.41) is 15.4. The van der Waals surface area contributed by atoms with E-state index in [1.807, 2.05) is 0 Å². The van der Waals surface area contributed by atoms with Crippen molar-refractivity contribution in [1.82, 2.24) is 27.4 Å². The van der Waals surface area contributed by atoms with Crippen molar-refractivity contribution in [3.63, 3.8) is 0 Å². The summed E-state index contributed by atoms with van der Waals surface area (Å²) in [5.74, 6) is 0.805. The molecule has 1 unspecified atom stereocenters. The molecule has 21 rings (SSSR count). The van der Waals surface area contributed by atoms with Crippen LogP contribution in [0.3, 0.4) is 0 Å². The van der Waals surface area contributed by atoms with Crippen LogP contribution >= 0.6 is 0 Å². The first kappa shape index (κ1) is 67.2. The zero-order valence-corrected chi connectivity index (χ0v) is 64.8. The van der Waals surface area contributed by atoms with Gasteiger partial charge in [-0.2, -0.15) is 0 Å². The second-order valence-corrected chi connectivity index (χ2v) is 33.4. The average molecular weight is 1450 g/mol. The molecule has 0 N–H and O–H groups in total. The number of para-hydroxylation sites is 6. The van der Waals surface area contributed by atoms with Crippen molar-refractivity contribution in [3.05, 3.63) is 361 Å². The van der Waals surface area contributed by atoms with Crippen molar-refractivity contribution < 1.29 is 0 Å². The van der Waals surface area contributed by atoms with Crippen LogP contribution in [0.5, 0.6) is 0 Å². The van der Waals surface area contributed by atoms with Gasteiger partial charge >= 0.3 is 0 Å². The molecule has 0 saturated heterocycles. The monoisotopic (exact) mass is 1440 g/mol. The summed E-state index contributed by atoms with van der Waals surface area (Å²) >= 11 is 0. The summed E-state index contributed by atoms with van der Waals surface area (Å²) in [6, 6.07) is 124. The second kappa shape index (κ2) is 25.9. The third-order valence-electron chi connectivity index (χ3n) is 25.4. The molecule has 0 bridgehead atoms. The topological polar surface area (TPSA) is 29.6 Å². The van der Waals surface area contributed by atoms with E-state index in [9.17, 15) is 0 Å². The normalized spacial score (nSPS) is 12.8. The number of aryl methyl sites for hydroxylation is 2. The Balaban J connectivity index is 0.549. The lowest BCUT2D eigenvalue weighted by Gasteiger charge is -2.27. The maximum atomic E-state index is 2.50. The quantitative estimate of drug-likeness (QED) is 0.0923. The van der Waals surface area contributed by atoms with E-state index >= 15 is 0 Å². The maximum Gasteiger partial charge on any atom is 0.0541 e. The first-order valence-electron chi connectivity index (χ1n) is 40.2. The molecule has 15 aromatic carbocycles. The molecule has 21 aromatic rings. The van der Waals surface area contributed by atoms with E-state index in [1.54, 1.807) is 0 Å². The Kier molecular flexibility index (Phi) is 15.5. The van der Waals surface area contributed by atoms with Gasteiger partial charge in [-0.3, -0.25) is 0 Å². The van der Waals surface area contributed by atoms with Gasteiger partial charge in [0, 0.05) is 98.8 Å². The highest BCUT2D eigenvalue weighted by atomic mass is 15.0. The molecule has 0 radical (unpaired) electrons. The van der Waals surface area contributed by atoms with Crippen molar-refractivity contribution in [2.75, 3.05) is 0 Å². The minimum atomic E-state index is -0.111. The van der Waals surface area contributed by atoms with E-state index in [4.69, 9.17) is 0 Å². The van der Waals surface area contributed by atoms with Crippen molar-refractivity contribution in [2.45, 2.75) is 104 Å². The van der Waals surface area contributed by atoms with E-state index in [1.165, 1.54) is 164 Å². The van der Waals surface area contributed by atoms with Crippen molar-refractivity contribution in [1.29, 1.82) is 0 Å². The standard InChI is InChI=1S/C106H88N6/c1-67(2)71-44-50-101-89(60-71)83-32-11-17-38-95(83)108(101)76-25-22-26-77(65-76)109-96-39-18-12-33-84(96)90-61-72(45-51-102(90)109)69(4)54-56-105(5,6)73-46-52-103-91(62-73)85-34-13-19-40-97(85)110(103)78-27-23-28-79(66-78)111-98-41-20-14-35-86(98)92-63-74(47-53-104(92)111)106(7,8)57-55-70-43-49-100-88(59-70)87-58-68(3)42-48-99(87)112(100)80-29-21-24-75(64-80)107-93-36-15-9-30-81(93)82-31-10-16-37-94(82)107/h9-53,58-67,69H,54-57H2,1-8H3. The van der Waals surface area contributed by atoms with Crippen LogP contribution in [0.1, 0.15) is 113 Å². The molecule has 6 heteroatoms. The fraction of sp³-hybridized carbons (Fsp3) is 0.151. The predicted molar refractivity (Wildman–Crippen MR) is 476 cm³/mol. The average Bonchev–Trinajstić information content (AvgIpc) is 1.59. The largest absolute Gasteiger partial charge is 0.309 e. The molecular formula is C106H88N6. The smallest absolute Gasteiger partial charge is 0.0541 e. The Morgan fingerprint density at radius 1 is 0.241 bits per heavy atom. The minimum Gasteiger partial charge on any atom is -0.309 e. The summed E-state index contributed by atoms with van der Waals surface area (Å²) in [6.45, 7) is 19.0. The molecule has 0 aliphatic heterocycles. The first-order chi connectivity index (χ1) is 54.7. The second-order valence-electron chi connectivity index (χ2n) is 33.4. The highest BCUT2D eigenvalue weighted by Crippen LogP contribution is 2.45. The lowest BCUT2D eigenvalue weighted by Crippen LogP contribution is -2.18. The summed E-state index contributed by atoms with van der Waals surface area (Å²) in [5.41, 5.74) is 29.4. The number of hydrogen-bond donors (Lipinski definition) is 0. The first-order valence-corrected chi connectivity index (χ1v) is 40.2. The summed E-state index contributed by atoms with van der Waals surface area (Å²) in [6.07, 6.45) is 4.05. The number of aromatic nitrogens is 6. The van der Waals surface area contributed by atoms with Gasteiger partial charge < -0.3 is 27.4 Å². The Hall–Kier alpha value is -12.9. The van der Waals surface area contributed by atoms with Crippen LogP contribution in [0.4, 0.5) is 0 Å². The number of rotatable bonds is 16.